The summed E-state index contributed by atoms with van der Waals surface area (Å²) in [6.45, 7) is 1.62. The minimum atomic E-state index is -0.528. The fraction of sp³-hybridized carbons (Fsp3) is 0.400. The molecule has 1 amide bonds. The zero-order valence-corrected chi connectivity index (χ0v) is 4.82. The maximum atomic E-state index is 10.1. The molecule has 0 unspecified atom stereocenters. The lowest BCUT2D eigenvalue weighted by Gasteiger charge is -1.90. The van der Waals surface area contributed by atoms with E-state index in [1.165, 1.54) is 7.11 Å². The fourth-order valence-corrected chi connectivity index (χ4v) is 0.165. The van der Waals surface area contributed by atoms with Crippen molar-refractivity contribution in [2.45, 2.75) is 6.92 Å². The van der Waals surface area contributed by atoms with Crippen molar-refractivity contribution in [2.75, 3.05) is 7.11 Å². The van der Waals surface area contributed by atoms with Gasteiger partial charge in [0.05, 0.1) is 7.11 Å². The zero-order chi connectivity index (χ0) is 6.41. The molecule has 0 aliphatic carbocycles. The van der Waals surface area contributed by atoms with Crippen molar-refractivity contribution < 1.29 is 9.53 Å². The van der Waals surface area contributed by atoms with Crippen LogP contribution in [-0.4, -0.2) is 13.2 Å². The normalized spacial score (nSPS) is 6.25. The summed E-state index contributed by atoms with van der Waals surface area (Å²) in [4.78, 5) is 10.1. The van der Waals surface area contributed by atoms with Gasteiger partial charge in [-0.1, -0.05) is 5.92 Å². The highest BCUT2D eigenvalue weighted by Gasteiger charge is 1.88. The van der Waals surface area contributed by atoms with Crippen molar-refractivity contribution >= 4 is 6.09 Å². The fourth-order valence-electron chi connectivity index (χ4n) is 0.165. The summed E-state index contributed by atoms with van der Waals surface area (Å²) in [5.41, 5.74) is 0. The van der Waals surface area contributed by atoms with Gasteiger partial charge in [0.2, 0.25) is 0 Å². The van der Waals surface area contributed by atoms with Crippen LogP contribution in [0.3, 0.4) is 0 Å². The van der Waals surface area contributed by atoms with Gasteiger partial charge in [-0.2, -0.15) is 0 Å². The van der Waals surface area contributed by atoms with Gasteiger partial charge < -0.3 is 4.74 Å². The van der Waals surface area contributed by atoms with E-state index < -0.39 is 6.09 Å². The molecule has 44 valence electrons. The summed E-state index contributed by atoms with van der Waals surface area (Å²) in [6.07, 6.45) is -0.528. The summed E-state index contributed by atoms with van der Waals surface area (Å²) in [5, 5.41) is 2.16. The first-order valence-corrected chi connectivity index (χ1v) is 2.07. The first-order valence-electron chi connectivity index (χ1n) is 2.07. The second-order valence-corrected chi connectivity index (χ2v) is 0.992. The van der Waals surface area contributed by atoms with Crippen LogP contribution in [0.2, 0.25) is 0 Å². The highest BCUT2D eigenvalue weighted by molar-refractivity contribution is 5.69. The number of amides is 1. The van der Waals surface area contributed by atoms with E-state index in [4.69, 9.17) is 0 Å². The lowest BCUT2D eigenvalue weighted by molar-refractivity contribution is 0.176. The molecule has 0 atom stereocenters. The van der Waals surface area contributed by atoms with Crippen LogP contribution in [0.15, 0.2) is 0 Å². The SMILES string of the molecule is CC#CNC(=O)OC. The van der Waals surface area contributed by atoms with Crippen molar-refractivity contribution in [2.24, 2.45) is 0 Å². The van der Waals surface area contributed by atoms with Gasteiger partial charge in [-0.3, -0.25) is 0 Å². The molecule has 0 bridgehead atoms. The van der Waals surface area contributed by atoms with Crippen molar-refractivity contribution in [3.63, 3.8) is 0 Å². The molecule has 0 saturated heterocycles. The number of carbonyl (C=O) groups is 1. The number of ether oxygens (including phenoxy) is 1. The molecule has 8 heavy (non-hydrogen) atoms. The van der Waals surface area contributed by atoms with Crippen molar-refractivity contribution in [1.82, 2.24) is 5.32 Å². The first kappa shape index (κ1) is 6.83. The van der Waals surface area contributed by atoms with Crippen LogP contribution in [0.4, 0.5) is 4.79 Å². The Morgan fingerprint density at radius 3 is 2.75 bits per heavy atom. The molecular weight excluding hydrogens is 106 g/mol. The molecule has 0 aliphatic heterocycles. The van der Waals surface area contributed by atoms with Crippen LogP contribution in [0.25, 0.3) is 0 Å². The average molecular weight is 113 g/mol. The quantitative estimate of drug-likeness (QED) is 0.363. The molecule has 0 aromatic heterocycles. The lowest BCUT2D eigenvalue weighted by atomic mass is 10.8. The predicted octanol–water partition coefficient (Wildman–Crippen LogP) is 0.323. The lowest BCUT2D eigenvalue weighted by Crippen LogP contribution is -2.16. The predicted molar refractivity (Wildman–Crippen MR) is 29.0 cm³/mol. The number of nitrogens with one attached hydrogen (secondary N) is 1. The molecule has 0 saturated carbocycles. The molecule has 0 rings (SSSR count). The first-order chi connectivity index (χ1) is 3.81. The van der Waals surface area contributed by atoms with Crippen LogP contribution in [-0.2, 0) is 4.74 Å². The van der Waals surface area contributed by atoms with Gasteiger partial charge in [0, 0.05) is 6.04 Å². The van der Waals surface area contributed by atoms with Gasteiger partial charge in [0.15, 0.2) is 0 Å². The Labute approximate surface area is 48.0 Å². The van der Waals surface area contributed by atoms with Crippen LogP contribution in [0.5, 0.6) is 0 Å². The Balaban J connectivity index is 3.35. The molecule has 3 heteroatoms. The third-order valence-corrected chi connectivity index (χ3v) is 0.475. The van der Waals surface area contributed by atoms with E-state index in [1.807, 2.05) is 0 Å². The van der Waals surface area contributed by atoms with Gasteiger partial charge in [-0.15, -0.1) is 0 Å². The number of methoxy groups -OCH3 is 1. The molecule has 0 radical (unpaired) electrons. The van der Waals surface area contributed by atoms with E-state index in [9.17, 15) is 4.79 Å². The van der Waals surface area contributed by atoms with Crippen LogP contribution < -0.4 is 5.32 Å². The maximum absolute atomic E-state index is 10.1. The second-order valence-electron chi connectivity index (χ2n) is 0.992. The highest BCUT2D eigenvalue weighted by atomic mass is 16.5. The maximum Gasteiger partial charge on any atom is 0.418 e. The number of hydrogen-bond donors (Lipinski definition) is 1. The Hall–Kier alpha value is -1.17. The molecule has 0 fully saturated rings. The summed E-state index contributed by atoms with van der Waals surface area (Å²) >= 11 is 0. The molecule has 0 heterocycles. The molecule has 0 aromatic carbocycles. The zero-order valence-electron chi connectivity index (χ0n) is 4.82. The Kier molecular flexibility index (Phi) is 3.42. The number of alkyl carbamates (subject to hydrolysis) is 1. The Morgan fingerprint density at radius 1 is 1.75 bits per heavy atom. The summed E-state index contributed by atoms with van der Waals surface area (Å²) in [5.74, 6) is 2.47. The Bertz CT molecular complexity index is 131. The van der Waals surface area contributed by atoms with Crippen LogP contribution in [0, 0.1) is 12.0 Å². The van der Waals surface area contributed by atoms with Gasteiger partial charge in [-0.05, 0) is 6.92 Å². The highest BCUT2D eigenvalue weighted by Crippen LogP contribution is 1.65. The third kappa shape index (κ3) is 3.04. The minimum absolute atomic E-state index is 0.528. The minimum Gasteiger partial charge on any atom is -0.452 e. The van der Waals surface area contributed by atoms with E-state index in [-0.39, 0.29) is 0 Å². The van der Waals surface area contributed by atoms with E-state index >= 15 is 0 Å². The molecule has 0 aliphatic rings. The smallest absolute Gasteiger partial charge is 0.418 e. The van der Waals surface area contributed by atoms with E-state index in [1.54, 1.807) is 6.92 Å². The number of rotatable bonds is 0. The summed E-state index contributed by atoms with van der Waals surface area (Å²) in [7, 11) is 1.28. The molecule has 3 nitrogen and oxygen atoms in total. The van der Waals surface area contributed by atoms with Gasteiger partial charge in [-0.25, -0.2) is 10.1 Å². The van der Waals surface area contributed by atoms with Crippen LogP contribution >= 0.6 is 0 Å². The van der Waals surface area contributed by atoms with Crippen molar-refractivity contribution in [1.29, 1.82) is 0 Å². The average Bonchev–Trinajstić information content (AvgIpc) is 1.83. The third-order valence-electron chi connectivity index (χ3n) is 0.475. The largest absolute Gasteiger partial charge is 0.452 e. The molecule has 0 aromatic rings. The summed E-state index contributed by atoms with van der Waals surface area (Å²) in [6, 6.07) is 2.32. The molecule has 0 spiro atoms. The second kappa shape index (κ2) is 4.00. The van der Waals surface area contributed by atoms with Crippen molar-refractivity contribution in [3.05, 3.63) is 0 Å². The van der Waals surface area contributed by atoms with E-state index in [2.05, 4.69) is 22.0 Å². The van der Waals surface area contributed by atoms with Gasteiger partial charge in [0.25, 0.3) is 0 Å². The standard InChI is InChI=1S/C5H7NO2/c1-3-4-6-5(7)8-2/h1-2H3,(H,6,7). The molecule has 1 N–H and O–H groups in total. The van der Waals surface area contributed by atoms with E-state index in [0.29, 0.717) is 0 Å². The summed E-state index contributed by atoms with van der Waals surface area (Å²) < 4.78 is 4.20. The van der Waals surface area contributed by atoms with Gasteiger partial charge >= 0.3 is 6.09 Å². The number of carbonyl (C=O) groups excluding carboxylic acids is 1. The van der Waals surface area contributed by atoms with Crippen LogP contribution in [0.1, 0.15) is 6.92 Å². The van der Waals surface area contributed by atoms with E-state index in [0.717, 1.165) is 0 Å². The molecular formula is C5H7NO2. The monoisotopic (exact) mass is 113 g/mol. The Morgan fingerprint density at radius 2 is 2.38 bits per heavy atom. The number of hydrogen-bond acceptors (Lipinski definition) is 2. The van der Waals surface area contributed by atoms with Crippen molar-refractivity contribution in [3.8, 4) is 12.0 Å². The topological polar surface area (TPSA) is 38.3 Å². The van der Waals surface area contributed by atoms with Gasteiger partial charge in [0.1, 0.15) is 0 Å².